The maximum Gasteiger partial charge on any atom is 0.101 e. The van der Waals surface area contributed by atoms with E-state index < -0.39 is 6.10 Å². The lowest BCUT2D eigenvalue weighted by Crippen LogP contribution is -2.20. The average molecular weight is 321 g/mol. The molecule has 1 rings (SSSR count). The Hall–Kier alpha value is -0.800. The van der Waals surface area contributed by atoms with Crippen molar-refractivity contribution in [3.8, 4) is 6.07 Å². The lowest BCUT2D eigenvalue weighted by atomic mass is 10.0. The van der Waals surface area contributed by atoms with Crippen molar-refractivity contribution < 1.29 is 5.11 Å². The number of halogens is 2. The highest BCUT2D eigenvalue weighted by molar-refractivity contribution is 9.10. The quantitative estimate of drug-likeness (QED) is 0.835. The average Bonchev–Trinajstić information content (AvgIpc) is 2.20. The molecule has 0 radical (unpaired) electrons. The standard InChI is InChI=1S/C11H14BrN3O.ClH/c1-15(2)6-10(16)7-3-8(5-13)11(14)9(12)4-7;/h3-4,10,16H,6,14H2,1-2H3;1H. The Morgan fingerprint density at radius 1 is 1.53 bits per heavy atom. The molecule has 1 aromatic carbocycles. The molecule has 0 aliphatic rings. The SMILES string of the molecule is CN(C)CC(O)c1cc(Br)c(N)c(C#N)c1.Cl. The van der Waals surface area contributed by atoms with E-state index in [1.165, 1.54) is 0 Å². The van der Waals surface area contributed by atoms with Crippen LogP contribution in [0.3, 0.4) is 0 Å². The van der Waals surface area contributed by atoms with Crippen molar-refractivity contribution >= 4 is 34.0 Å². The molecular formula is C11H15BrClN3O. The van der Waals surface area contributed by atoms with E-state index in [0.29, 0.717) is 27.8 Å². The van der Waals surface area contributed by atoms with Crippen LogP contribution in [-0.2, 0) is 0 Å². The molecule has 0 aliphatic carbocycles. The first-order chi connectivity index (χ1) is 7.45. The molecule has 0 saturated heterocycles. The van der Waals surface area contributed by atoms with Gasteiger partial charge in [-0.05, 0) is 47.7 Å². The summed E-state index contributed by atoms with van der Waals surface area (Å²) in [4.78, 5) is 1.88. The van der Waals surface area contributed by atoms with Gasteiger partial charge in [0.15, 0.2) is 0 Å². The van der Waals surface area contributed by atoms with Crippen LogP contribution in [0.15, 0.2) is 16.6 Å². The van der Waals surface area contributed by atoms with Crippen LogP contribution >= 0.6 is 28.3 Å². The molecule has 0 saturated carbocycles. The summed E-state index contributed by atoms with van der Waals surface area (Å²) >= 11 is 3.27. The maximum absolute atomic E-state index is 9.91. The number of aliphatic hydroxyl groups is 1. The number of hydrogen-bond acceptors (Lipinski definition) is 4. The zero-order valence-corrected chi connectivity index (χ0v) is 12.0. The minimum Gasteiger partial charge on any atom is -0.397 e. The lowest BCUT2D eigenvalue weighted by molar-refractivity contribution is 0.138. The molecule has 0 spiro atoms. The number of nitriles is 1. The van der Waals surface area contributed by atoms with Gasteiger partial charge in [0, 0.05) is 11.0 Å². The first kappa shape index (κ1) is 16.2. The molecule has 0 fully saturated rings. The van der Waals surface area contributed by atoms with Crippen LogP contribution in [0, 0.1) is 11.3 Å². The summed E-state index contributed by atoms with van der Waals surface area (Å²) in [6.07, 6.45) is -0.626. The molecule has 1 aromatic rings. The number of nitrogen functional groups attached to an aromatic ring is 1. The molecular weight excluding hydrogens is 305 g/mol. The summed E-state index contributed by atoms with van der Waals surface area (Å²) in [6, 6.07) is 5.36. The molecule has 0 heterocycles. The summed E-state index contributed by atoms with van der Waals surface area (Å²) in [7, 11) is 3.75. The second-order valence-corrected chi connectivity index (χ2v) is 4.71. The number of aliphatic hydroxyl groups excluding tert-OH is 1. The summed E-state index contributed by atoms with van der Waals surface area (Å²) in [6.45, 7) is 0.501. The molecule has 3 N–H and O–H groups in total. The van der Waals surface area contributed by atoms with Crippen molar-refractivity contribution in [3.63, 3.8) is 0 Å². The number of nitrogens with two attached hydrogens (primary N) is 1. The van der Waals surface area contributed by atoms with Crippen molar-refractivity contribution in [2.75, 3.05) is 26.4 Å². The molecule has 0 bridgehead atoms. The van der Waals surface area contributed by atoms with Gasteiger partial charge < -0.3 is 15.7 Å². The Kier molecular flexibility index (Phi) is 6.50. The third kappa shape index (κ3) is 4.17. The van der Waals surface area contributed by atoms with Crippen LogP contribution in [0.25, 0.3) is 0 Å². The van der Waals surface area contributed by atoms with E-state index in [0.717, 1.165) is 0 Å². The fourth-order valence-corrected chi connectivity index (χ4v) is 1.85. The molecule has 4 nitrogen and oxygen atoms in total. The van der Waals surface area contributed by atoms with E-state index in [1.807, 2.05) is 25.1 Å². The highest BCUT2D eigenvalue weighted by Crippen LogP contribution is 2.28. The van der Waals surface area contributed by atoms with Crippen molar-refractivity contribution in [1.29, 1.82) is 5.26 Å². The minimum atomic E-state index is -0.626. The van der Waals surface area contributed by atoms with Gasteiger partial charge in [0.2, 0.25) is 0 Å². The largest absolute Gasteiger partial charge is 0.397 e. The van der Waals surface area contributed by atoms with E-state index in [1.54, 1.807) is 12.1 Å². The summed E-state index contributed by atoms with van der Waals surface area (Å²) in [5.74, 6) is 0. The van der Waals surface area contributed by atoms with Crippen molar-refractivity contribution in [3.05, 3.63) is 27.7 Å². The van der Waals surface area contributed by atoms with Gasteiger partial charge >= 0.3 is 0 Å². The van der Waals surface area contributed by atoms with Crippen LogP contribution < -0.4 is 5.73 Å². The smallest absolute Gasteiger partial charge is 0.101 e. The van der Waals surface area contributed by atoms with Gasteiger partial charge in [0.25, 0.3) is 0 Å². The molecule has 1 atom stereocenters. The topological polar surface area (TPSA) is 73.3 Å². The third-order valence-electron chi connectivity index (χ3n) is 2.20. The first-order valence-electron chi connectivity index (χ1n) is 4.77. The zero-order chi connectivity index (χ0) is 12.3. The van der Waals surface area contributed by atoms with Crippen molar-refractivity contribution in [2.45, 2.75) is 6.10 Å². The molecule has 0 amide bonds. The normalized spacial score (nSPS) is 11.8. The lowest BCUT2D eigenvalue weighted by Gasteiger charge is -2.17. The Bertz CT molecular complexity index is 431. The molecule has 0 aromatic heterocycles. The molecule has 1 unspecified atom stereocenters. The van der Waals surface area contributed by atoms with Crippen LogP contribution in [-0.4, -0.2) is 30.6 Å². The highest BCUT2D eigenvalue weighted by Gasteiger charge is 2.13. The molecule has 6 heteroatoms. The van der Waals surface area contributed by atoms with Crippen LogP contribution in [0.2, 0.25) is 0 Å². The number of rotatable bonds is 3. The van der Waals surface area contributed by atoms with Crippen LogP contribution in [0.4, 0.5) is 5.69 Å². The highest BCUT2D eigenvalue weighted by atomic mass is 79.9. The van der Waals surface area contributed by atoms with Crippen molar-refractivity contribution in [2.24, 2.45) is 0 Å². The number of hydrogen-bond donors (Lipinski definition) is 2. The van der Waals surface area contributed by atoms with E-state index in [2.05, 4.69) is 15.9 Å². The Balaban J connectivity index is 0.00000256. The number of benzene rings is 1. The summed E-state index contributed by atoms with van der Waals surface area (Å²) in [5.41, 5.74) is 7.17. The second-order valence-electron chi connectivity index (χ2n) is 3.85. The van der Waals surface area contributed by atoms with Gasteiger partial charge in [-0.25, -0.2) is 0 Å². The minimum absolute atomic E-state index is 0. The Morgan fingerprint density at radius 3 is 2.59 bits per heavy atom. The van der Waals surface area contributed by atoms with Gasteiger partial charge in [-0.15, -0.1) is 12.4 Å². The van der Waals surface area contributed by atoms with E-state index >= 15 is 0 Å². The monoisotopic (exact) mass is 319 g/mol. The van der Waals surface area contributed by atoms with Gasteiger partial charge in [0.05, 0.1) is 17.4 Å². The molecule has 0 aliphatic heterocycles. The predicted molar refractivity (Wildman–Crippen MR) is 74.0 cm³/mol. The van der Waals surface area contributed by atoms with Gasteiger partial charge in [-0.1, -0.05) is 0 Å². The molecule has 17 heavy (non-hydrogen) atoms. The van der Waals surface area contributed by atoms with E-state index in [-0.39, 0.29) is 12.4 Å². The predicted octanol–water partition coefficient (Wildman–Crippen LogP) is 1.92. The van der Waals surface area contributed by atoms with Gasteiger partial charge in [-0.2, -0.15) is 5.26 Å². The van der Waals surface area contributed by atoms with Crippen molar-refractivity contribution in [1.82, 2.24) is 4.90 Å². The number of anilines is 1. The maximum atomic E-state index is 9.91. The molecule has 94 valence electrons. The Morgan fingerprint density at radius 2 is 2.12 bits per heavy atom. The van der Waals surface area contributed by atoms with E-state index in [4.69, 9.17) is 11.0 Å². The van der Waals surface area contributed by atoms with Gasteiger partial charge in [0.1, 0.15) is 6.07 Å². The summed E-state index contributed by atoms with van der Waals surface area (Å²) < 4.78 is 0.638. The number of nitrogens with zero attached hydrogens (tertiary/aromatic N) is 2. The second kappa shape index (κ2) is 6.82. The third-order valence-corrected chi connectivity index (χ3v) is 2.85. The number of likely N-dealkylation sites (N-methyl/N-ethyl adjacent to an activating group) is 1. The fraction of sp³-hybridized carbons (Fsp3) is 0.364. The van der Waals surface area contributed by atoms with Crippen LogP contribution in [0.5, 0.6) is 0 Å². The fourth-order valence-electron chi connectivity index (χ4n) is 1.37. The van der Waals surface area contributed by atoms with Gasteiger partial charge in [-0.3, -0.25) is 0 Å². The Labute approximate surface area is 116 Å². The zero-order valence-electron chi connectivity index (χ0n) is 9.64. The summed E-state index contributed by atoms with van der Waals surface area (Å²) in [5, 5.41) is 18.8. The van der Waals surface area contributed by atoms with E-state index in [9.17, 15) is 5.11 Å². The first-order valence-corrected chi connectivity index (χ1v) is 5.56. The van der Waals surface area contributed by atoms with Crippen LogP contribution in [0.1, 0.15) is 17.2 Å².